The predicted octanol–water partition coefficient (Wildman–Crippen LogP) is 1.16. The van der Waals surface area contributed by atoms with Crippen LogP contribution in [0, 0.1) is 6.92 Å². The fourth-order valence-corrected chi connectivity index (χ4v) is 3.24. The molecule has 0 aromatic heterocycles. The fraction of sp³-hybridized carbons (Fsp3) is 0.400. The van der Waals surface area contributed by atoms with Crippen LogP contribution in [-0.2, 0) is 14.8 Å². The Hall–Kier alpha value is -1.66. The van der Waals surface area contributed by atoms with E-state index in [9.17, 15) is 13.2 Å². The number of benzene rings is 1. The van der Waals surface area contributed by atoms with Gasteiger partial charge in [0.2, 0.25) is 15.9 Å². The van der Waals surface area contributed by atoms with Crippen molar-refractivity contribution in [1.29, 1.82) is 0 Å². The summed E-state index contributed by atoms with van der Waals surface area (Å²) < 4.78 is 24.7. The minimum absolute atomic E-state index is 0.208. The number of hydrogen-bond donors (Lipinski definition) is 1. The monoisotopic (exact) mass is 308 g/mol. The van der Waals surface area contributed by atoms with Gasteiger partial charge in [0.25, 0.3) is 0 Å². The predicted molar refractivity (Wildman–Crippen MR) is 83.2 cm³/mol. The highest BCUT2D eigenvalue weighted by Gasteiger charge is 2.26. The van der Waals surface area contributed by atoms with E-state index in [-0.39, 0.29) is 5.91 Å². The van der Waals surface area contributed by atoms with Crippen LogP contribution in [0.2, 0.25) is 0 Å². The topological polar surface area (TPSA) is 66.5 Å². The zero-order valence-corrected chi connectivity index (χ0v) is 13.3. The highest BCUT2D eigenvalue weighted by molar-refractivity contribution is 7.88. The van der Waals surface area contributed by atoms with Gasteiger partial charge < -0.3 is 4.90 Å². The summed E-state index contributed by atoms with van der Waals surface area (Å²) in [6.45, 7) is 4.63. The Morgan fingerprint density at radius 1 is 1.33 bits per heavy atom. The molecule has 0 spiro atoms. The molecule has 21 heavy (non-hydrogen) atoms. The molecule has 0 radical (unpaired) electrons. The molecule has 1 amide bonds. The summed E-state index contributed by atoms with van der Waals surface area (Å²) in [7, 11) is -3.38. The molecule has 0 saturated carbocycles. The fourth-order valence-electron chi connectivity index (χ4n) is 2.50. The molecule has 2 rings (SSSR count). The summed E-state index contributed by atoms with van der Waals surface area (Å²) in [5, 5.41) is 0. The van der Waals surface area contributed by atoms with Crippen LogP contribution >= 0.6 is 0 Å². The zero-order valence-electron chi connectivity index (χ0n) is 12.5. The first-order valence-electron chi connectivity index (χ1n) is 6.79. The van der Waals surface area contributed by atoms with Crippen molar-refractivity contribution in [2.75, 3.05) is 19.3 Å². The van der Waals surface area contributed by atoms with Crippen molar-refractivity contribution >= 4 is 21.5 Å². The van der Waals surface area contributed by atoms with Crippen LogP contribution in [0.25, 0.3) is 5.57 Å². The molecular formula is C15H20N2O3S. The quantitative estimate of drug-likeness (QED) is 0.907. The first-order chi connectivity index (χ1) is 9.78. The Labute approximate surface area is 125 Å². The van der Waals surface area contributed by atoms with E-state index in [4.69, 9.17) is 0 Å². The summed E-state index contributed by atoms with van der Waals surface area (Å²) in [6.07, 6.45) is 3.07. The third-order valence-electron chi connectivity index (χ3n) is 3.48. The Morgan fingerprint density at radius 3 is 2.62 bits per heavy atom. The average Bonchev–Trinajstić information content (AvgIpc) is 2.85. The summed E-state index contributed by atoms with van der Waals surface area (Å²) in [5.41, 5.74) is 3.41. The lowest BCUT2D eigenvalue weighted by atomic mass is 10.0. The third kappa shape index (κ3) is 3.92. The van der Waals surface area contributed by atoms with Gasteiger partial charge in [-0.15, -0.1) is 0 Å². The molecule has 1 aliphatic rings. The molecule has 0 bridgehead atoms. The third-order valence-corrected chi connectivity index (χ3v) is 4.26. The van der Waals surface area contributed by atoms with Crippen molar-refractivity contribution in [1.82, 2.24) is 9.62 Å². The highest BCUT2D eigenvalue weighted by atomic mass is 32.2. The second kappa shape index (κ2) is 5.99. The first kappa shape index (κ1) is 15.7. The second-order valence-electron chi connectivity index (χ2n) is 5.37. The summed E-state index contributed by atoms with van der Waals surface area (Å²) in [4.78, 5) is 13.9. The second-order valence-corrected chi connectivity index (χ2v) is 7.15. The van der Waals surface area contributed by atoms with E-state index in [2.05, 4.69) is 4.72 Å². The molecule has 1 atom stereocenters. The highest BCUT2D eigenvalue weighted by Crippen LogP contribution is 2.24. The Morgan fingerprint density at radius 2 is 2.00 bits per heavy atom. The molecule has 114 valence electrons. The maximum atomic E-state index is 12.3. The minimum Gasteiger partial charge on any atom is -0.333 e. The Kier molecular flexibility index (Phi) is 4.49. The van der Waals surface area contributed by atoms with Gasteiger partial charge in [-0.2, -0.15) is 0 Å². The summed E-state index contributed by atoms with van der Waals surface area (Å²) >= 11 is 0. The zero-order chi connectivity index (χ0) is 15.6. The minimum atomic E-state index is -3.38. The lowest BCUT2D eigenvalue weighted by Gasteiger charge is -2.21. The van der Waals surface area contributed by atoms with Gasteiger partial charge in [0, 0.05) is 13.1 Å². The van der Waals surface area contributed by atoms with Crippen LogP contribution in [0.5, 0.6) is 0 Å². The molecule has 6 heteroatoms. The van der Waals surface area contributed by atoms with Crippen molar-refractivity contribution in [2.24, 2.45) is 0 Å². The van der Waals surface area contributed by atoms with Crippen LogP contribution in [0.1, 0.15) is 18.1 Å². The number of hydrogen-bond acceptors (Lipinski definition) is 3. The number of nitrogens with zero attached hydrogens (tertiary/aromatic N) is 1. The van der Waals surface area contributed by atoms with E-state index < -0.39 is 16.1 Å². The van der Waals surface area contributed by atoms with Crippen molar-refractivity contribution in [3.05, 3.63) is 41.5 Å². The molecule has 0 aliphatic carbocycles. The van der Waals surface area contributed by atoms with E-state index in [0.717, 1.165) is 17.4 Å². The van der Waals surface area contributed by atoms with Gasteiger partial charge in [-0.1, -0.05) is 30.3 Å². The Bertz CT molecular complexity index is 680. The Balaban J connectivity index is 2.05. The summed E-state index contributed by atoms with van der Waals surface area (Å²) in [6, 6.07) is 7.28. The van der Waals surface area contributed by atoms with Crippen LogP contribution in [0.4, 0.5) is 0 Å². The van der Waals surface area contributed by atoms with Crippen LogP contribution in [-0.4, -0.2) is 44.6 Å². The largest absolute Gasteiger partial charge is 0.333 e. The number of sulfonamides is 1. The number of aryl methyl sites for hydroxylation is 1. The van der Waals surface area contributed by atoms with Crippen LogP contribution in [0.3, 0.4) is 0 Å². The molecule has 1 aliphatic heterocycles. The van der Waals surface area contributed by atoms with Gasteiger partial charge in [-0.3, -0.25) is 4.79 Å². The van der Waals surface area contributed by atoms with Crippen molar-refractivity contribution in [3.63, 3.8) is 0 Å². The maximum Gasteiger partial charge on any atom is 0.241 e. The molecule has 0 fully saturated rings. The number of carbonyl (C=O) groups is 1. The molecule has 1 heterocycles. The number of carbonyl (C=O) groups excluding carboxylic acids is 1. The van der Waals surface area contributed by atoms with Crippen molar-refractivity contribution in [2.45, 2.75) is 19.9 Å². The average molecular weight is 308 g/mol. The van der Waals surface area contributed by atoms with Gasteiger partial charge in [0.1, 0.15) is 0 Å². The molecule has 1 aromatic carbocycles. The van der Waals surface area contributed by atoms with E-state index >= 15 is 0 Å². The van der Waals surface area contributed by atoms with Crippen molar-refractivity contribution < 1.29 is 13.2 Å². The lowest BCUT2D eigenvalue weighted by Crippen LogP contribution is -2.45. The molecule has 0 saturated heterocycles. The van der Waals surface area contributed by atoms with Crippen LogP contribution in [0.15, 0.2) is 30.3 Å². The molecular weight excluding hydrogens is 288 g/mol. The van der Waals surface area contributed by atoms with Gasteiger partial charge in [-0.05, 0) is 30.5 Å². The normalized spacial score (nSPS) is 16.7. The molecule has 5 nitrogen and oxygen atoms in total. The molecule has 1 N–H and O–H groups in total. The van der Waals surface area contributed by atoms with Crippen LogP contribution < -0.4 is 4.72 Å². The number of rotatable bonds is 4. The first-order valence-corrected chi connectivity index (χ1v) is 8.68. The van der Waals surface area contributed by atoms with E-state index in [0.29, 0.717) is 13.1 Å². The van der Waals surface area contributed by atoms with E-state index in [1.54, 1.807) is 11.8 Å². The lowest BCUT2D eigenvalue weighted by molar-refractivity contribution is -0.131. The molecule has 1 aromatic rings. The smallest absolute Gasteiger partial charge is 0.241 e. The van der Waals surface area contributed by atoms with E-state index in [1.165, 1.54) is 5.56 Å². The van der Waals surface area contributed by atoms with Gasteiger partial charge in [0.15, 0.2) is 0 Å². The SMILES string of the molecule is Cc1ccccc1C1=CCN(C(=O)C(C)NS(C)(=O)=O)C1. The maximum absolute atomic E-state index is 12.3. The van der Waals surface area contributed by atoms with E-state index in [1.807, 2.05) is 37.3 Å². The summed E-state index contributed by atoms with van der Waals surface area (Å²) in [5.74, 6) is -0.208. The van der Waals surface area contributed by atoms with Gasteiger partial charge in [-0.25, -0.2) is 13.1 Å². The number of amides is 1. The van der Waals surface area contributed by atoms with Crippen molar-refractivity contribution in [3.8, 4) is 0 Å². The molecule has 1 unspecified atom stereocenters. The number of nitrogens with one attached hydrogen (secondary N) is 1. The van der Waals surface area contributed by atoms with Gasteiger partial charge in [0.05, 0.1) is 12.3 Å². The van der Waals surface area contributed by atoms with Gasteiger partial charge >= 0.3 is 0 Å². The standard InChI is InChI=1S/C15H20N2O3S/c1-11-6-4-5-7-14(11)13-8-9-17(10-13)15(18)12(2)16-21(3,19)20/h4-8,12,16H,9-10H2,1-3H3.